The summed E-state index contributed by atoms with van der Waals surface area (Å²) in [6, 6.07) is 0. The van der Waals surface area contributed by atoms with Crippen molar-refractivity contribution in [3.05, 3.63) is 0 Å². The van der Waals surface area contributed by atoms with Crippen LogP contribution in [0.5, 0.6) is 0 Å². The van der Waals surface area contributed by atoms with Crippen molar-refractivity contribution < 1.29 is 53.8 Å². The average molecular weight is 440 g/mol. The number of hydrogen-bond acceptors (Lipinski definition) is 11. The van der Waals surface area contributed by atoms with Crippen molar-refractivity contribution in [1.29, 1.82) is 0 Å². The predicted molar refractivity (Wildman–Crippen MR) is 93.4 cm³/mol. The average Bonchev–Trinajstić information content (AvgIpc) is 3.35. The number of esters is 3. The van der Waals surface area contributed by atoms with Crippen molar-refractivity contribution in [3.63, 3.8) is 0 Å². The molecule has 6 rings (SSSR count). The van der Waals surface area contributed by atoms with E-state index in [0.29, 0.717) is 0 Å². The van der Waals surface area contributed by atoms with Gasteiger partial charge in [-0.2, -0.15) is 0 Å². The zero-order chi connectivity index (χ0) is 22.7. The summed E-state index contributed by atoms with van der Waals surface area (Å²) in [4.78, 5) is 38.3. The summed E-state index contributed by atoms with van der Waals surface area (Å²) in [5.74, 6) is -5.22. The second-order valence-corrected chi connectivity index (χ2v) is 10.8. The van der Waals surface area contributed by atoms with Crippen LogP contribution >= 0.6 is 0 Å². The number of carbonyl (C=O) groups is 3. The second kappa shape index (κ2) is 4.91. The second-order valence-electron chi connectivity index (χ2n) is 10.8. The van der Waals surface area contributed by atoms with Gasteiger partial charge in [-0.05, 0) is 12.3 Å². The molecule has 4 heterocycles. The van der Waals surface area contributed by atoms with E-state index in [2.05, 4.69) is 0 Å². The van der Waals surface area contributed by atoms with Gasteiger partial charge in [-0.15, -0.1) is 0 Å². The zero-order valence-electron chi connectivity index (χ0n) is 17.3. The highest BCUT2D eigenvalue weighted by Crippen LogP contribution is 2.84. The first-order valence-electron chi connectivity index (χ1n) is 10.3. The van der Waals surface area contributed by atoms with E-state index in [-0.39, 0.29) is 0 Å². The summed E-state index contributed by atoms with van der Waals surface area (Å²) in [5, 5.41) is 46.1. The number of fused-ring (bicyclic) bond motifs is 1. The third kappa shape index (κ3) is 1.43. The molecule has 0 aromatic rings. The predicted octanol–water partition coefficient (Wildman–Crippen LogP) is -2.40. The van der Waals surface area contributed by atoms with E-state index in [1.807, 2.05) is 0 Å². The first-order chi connectivity index (χ1) is 14.3. The van der Waals surface area contributed by atoms with Gasteiger partial charge >= 0.3 is 17.9 Å². The molecule has 4 aliphatic heterocycles. The first-order valence-corrected chi connectivity index (χ1v) is 10.3. The van der Waals surface area contributed by atoms with Gasteiger partial charge in [0.15, 0.2) is 17.8 Å². The molecule has 170 valence electrons. The number of rotatable bonds is 0. The number of hydrogen-bond donors (Lipinski definition) is 4. The highest BCUT2D eigenvalue weighted by molar-refractivity contribution is 5.94. The molecule has 4 saturated heterocycles. The van der Waals surface area contributed by atoms with Crippen LogP contribution in [-0.4, -0.2) is 86.3 Å². The fourth-order valence-electron chi connectivity index (χ4n) is 8.27. The van der Waals surface area contributed by atoms with Crippen LogP contribution < -0.4 is 0 Å². The van der Waals surface area contributed by atoms with E-state index in [0.717, 1.165) is 0 Å². The van der Waals surface area contributed by atoms with Gasteiger partial charge < -0.3 is 39.4 Å². The third-order valence-electron chi connectivity index (χ3n) is 8.95. The van der Waals surface area contributed by atoms with Crippen LogP contribution in [0.25, 0.3) is 0 Å². The highest BCUT2D eigenvalue weighted by atomic mass is 16.8. The lowest BCUT2D eigenvalue weighted by atomic mass is 9.51. The van der Waals surface area contributed by atoms with Crippen LogP contribution in [0.3, 0.4) is 0 Å². The molecule has 8 unspecified atom stereocenters. The smallest absolute Gasteiger partial charge is 0.343 e. The van der Waals surface area contributed by atoms with Crippen LogP contribution in [0.2, 0.25) is 0 Å². The molecule has 2 saturated carbocycles. The summed E-state index contributed by atoms with van der Waals surface area (Å²) in [6.07, 6.45) is -9.69. The normalized spacial score (nSPS) is 61.0. The van der Waals surface area contributed by atoms with Gasteiger partial charge in [-0.1, -0.05) is 20.8 Å². The van der Waals surface area contributed by atoms with Crippen LogP contribution in [0.15, 0.2) is 0 Å². The Labute approximate surface area is 176 Å². The molecule has 11 heteroatoms. The Balaban J connectivity index is 1.75. The van der Waals surface area contributed by atoms with Crippen LogP contribution in [-0.2, 0) is 33.3 Å². The quantitative estimate of drug-likeness (QED) is 0.234. The van der Waals surface area contributed by atoms with Gasteiger partial charge in [0.05, 0.1) is 22.9 Å². The molecule has 11 nitrogen and oxygen atoms in total. The molecule has 2 aliphatic carbocycles. The number of ether oxygens (including phenoxy) is 4. The van der Waals surface area contributed by atoms with Crippen molar-refractivity contribution in [2.75, 3.05) is 0 Å². The largest absolute Gasteiger partial charge is 0.456 e. The Morgan fingerprint density at radius 2 is 1.58 bits per heavy atom. The van der Waals surface area contributed by atoms with Crippen molar-refractivity contribution in [2.24, 2.45) is 28.1 Å². The number of carbonyl (C=O) groups excluding carboxylic acids is 3. The van der Waals surface area contributed by atoms with Gasteiger partial charge in [0.2, 0.25) is 11.9 Å². The molecule has 2 spiro atoms. The first kappa shape index (κ1) is 19.9. The van der Waals surface area contributed by atoms with Gasteiger partial charge in [0.1, 0.15) is 12.2 Å². The van der Waals surface area contributed by atoms with E-state index in [1.54, 1.807) is 20.8 Å². The van der Waals surface area contributed by atoms with Gasteiger partial charge in [0.25, 0.3) is 0 Å². The Bertz CT molecular complexity index is 957. The van der Waals surface area contributed by atoms with E-state index < -0.39 is 94.0 Å². The highest BCUT2D eigenvalue weighted by Gasteiger charge is 3.05. The number of aliphatic hydroxyl groups is 4. The molecule has 0 bridgehead atoms. The standard InChI is InChI=1S/C20H24O11/c1-5-12(24)28-11-8(22)18-10-6(21)7(16(2,3)4)17(18)9(23)13(25)30-15(17)31-20(18,14(26)29-10)19(5,11)27/h5-11,15,21-23,27H,1-4H3/t5?,6?,7?,8?,9?,10?,11?,15?,17-,18+,19+,20+/m0/s1. The van der Waals surface area contributed by atoms with E-state index in [1.165, 1.54) is 6.92 Å². The number of aliphatic hydroxyl groups excluding tert-OH is 3. The monoisotopic (exact) mass is 440 g/mol. The summed E-state index contributed by atoms with van der Waals surface area (Å²) in [6.45, 7) is 6.63. The zero-order valence-corrected chi connectivity index (χ0v) is 17.3. The topological polar surface area (TPSA) is 169 Å². The maximum absolute atomic E-state index is 13.4. The Morgan fingerprint density at radius 3 is 2.19 bits per heavy atom. The Kier molecular flexibility index (Phi) is 3.15. The van der Waals surface area contributed by atoms with Crippen molar-refractivity contribution in [1.82, 2.24) is 0 Å². The lowest BCUT2D eigenvalue weighted by Gasteiger charge is -2.47. The van der Waals surface area contributed by atoms with Gasteiger partial charge in [-0.3, -0.25) is 4.79 Å². The van der Waals surface area contributed by atoms with E-state index in [4.69, 9.17) is 18.9 Å². The fraction of sp³-hybridized carbons (Fsp3) is 0.850. The van der Waals surface area contributed by atoms with Crippen molar-refractivity contribution in [2.45, 2.75) is 75.7 Å². The minimum Gasteiger partial charge on any atom is -0.456 e. The van der Waals surface area contributed by atoms with Crippen molar-refractivity contribution >= 4 is 17.9 Å². The molecule has 0 aromatic carbocycles. The summed E-state index contributed by atoms with van der Waals surface area (Å²) in [7, 11) is 0. The lowest BCUT2D eigenvalue weighted by Crippen LogP contribution is -2.67. The molecular weight excluding hydrogens is 416 g/mol. The van der Waals surface area contributed by atoms with Gasteiger partial charge in [-0.25, -0.2) is 9.59 Å². The molecule has 4 N–H and O–H groups in total. The summed E-state index contributed by atoms with van der Waals surface area (Å²) < 4.78 is 22.2. The van der Waals surface area contributed by atoms with Gasteiger partial charge in [0, 0.05) is 5.92 Å². The summed E-state index contributed by atoms with van der Waals surface area (Å²) in [5.41, 5.74) is -9.40. The molecule has 0 radical (unpaired) electrons. The van der Waals surface area contributed by atoms with Crippen LogP contribution in [0, 0.1) is 28.1 Å². The third-order valence-corrected chi connectivity index (χ3v) is 8.95. The molecule has 0 aromatic heterocycles. The molecule has 0 amide bonds. The minimum atomic E-state index is -2.40. The molecule has 31 heavy (non-hydrogen) atoms. The lowest BCUT2D eigenvalue weighted by molar-refractivity contribution is -0.240. The molecule has 6 fully saturated rings. The SMILES string of the molecule is CC1C(=O)OC2C(O)[C@]34C5OC(=O)[C@]3(OC3OC(=O)C(O)[C@@]34C(C(C)(C)C)C5O)[C@@]12O. The minimum absolute atomic E-state index is 0.792. The van der Waals surface area contributed by atoms with Crippen LogP contribution in [0.4, 0.5) is 0 Å². The maximum Gasteiger partial charge on any atom is 0.343 e. The Morgan fingerprint density at radius 1 is 0.935 bits per heavy atom. The van der Waals surface area contributed by atoms with E-state index in [9.17, 15) is 34.8 Å². The molecule has 12 atom stereocenters. The Hall–Kier alpha value is -1.79. The van der Waals surface area contributed by atoms with E-state index >= 15 is 0 Å². The molecular formula is C20H24O11. The van der Waals surface area contributed by atoms with Crippen LogP contribution in [0.1, 0.15) is 27.7 Å². The summed E-state index contributed by atoms with van der Waals surface area (Å²) >= 11 is 0. The molecule has 6 aliphatic rings. The fourth-order valence-corrected chi connectivity index (χ4v) is 8.27. The van der Waals surface area contributed by atoms with Crippen molar-refractivity contribution in [3.8, 4) is 0 Å². The maximum atomic E-state index is 13.4.